The van der Waals surface area contributed by atoms with E-state index in [1.807, 2.05) is 5.32 Å². The van der Waals surface area contributed by atoms with Gasteiger partial charge in [-0.3, -0.25) is 9.87 Å². The number of carbonyl (C=O) groups excluding carboxylic acids is 2. The Labute approximate surface area is 135 Å². The van der Waals surface area contributed by atoms with Crippen molar-refractivity contribution in [2.45, 2.75) is 12.2 Å². The zero-order valence-electron chi connectivity index (χ0n) is 12.3. The molecule has 0 spiro atoms. The second kappa shape index (κ2) is 7.36. The molecule has 0 aromatic heterocycles. The second-order valence-electron chi connectivity index (χ2n) is 4.51. The lowest BCUT2D eigenvalue weighted by Gasteiger charge is -2.13. The first-order chi connectivity index (χ1) is 10.9. The number of hydrogen-bond acceptors (Lipinski definition) is 6. The van der Waals surface area contributed by atoms with Gasteiger partial charge in [0.2, 0.25) is 0 Å². The molecule has 0 unspecified atom stereocenters. The molecule has 0 atom stereocenters. The molecule has 0 aliphatic rings. The predicted octanol–water partition coefficient (Wildman–Crippen LogP) is 2.20. The van der Waals surface area contributed by atoms with E-state index in [9.17, 15) is 26.8 Å². The maximum Gasteiger partial charge on any atom is 0.411 e. The summed E-state index contributed by atoms with van der Waals surface area (Å²) in [6.45, 7) is 3.00. The van der Waals surface area contributed by atoms with E-state index < -0.39 is 34.0 Å². The van der Waals surface area contributed by atoms with Crippen LogP contribution in [-0.2, 0) is 19.6 Å². The van der Waals surface area contributed by atoms with Gasteiger partial charge in [0.05, 0.1) is 0 Å². The lowest BCUT2D eigenvalue weighted by Crippen LogP contribution is -2.35. The molecule has 1 rings (SSSR count). The Bertz CT molecular complexity index is 744. The molecule has 0 radical (unpaired) electrons. The fourth-order valence-corrected chi connectivity index (χ4v) is 1.39. The van der Waals surface area contributed by atoms with Crippen LogP contribution in [0, 0.1) is 0 Å². The number of hydrogen-bond donors (Lipinski definition) is 2. The Balaban J connectivity index is 2.59. The number of halogens is 2. The minimum Gasteiger partial charge on any atom is -0.442 e. The van der Waals surface area contributed by atoms with Gasteiger partial charge >= 0.3 is 27.4 Å². The zero-order chi connectivity index (χ0) is 18.5. The molecule has 8 nitrogen and oxygen atoms in total. The third-order valence-electron chi connectivity index (χ3n) is 2.41. The molecule has 2 N–H and O–H groups in total. The van der Waals surface area contributed by atoms with Crippen LogP contribution in [0.5, 0.6) is 5.75 Å². The average molecular weight is 365 g/mol. The fraction of sp³-hybridized carbons (Fsp3) is 0.231. The van der Waals surface area contributed by atoms with Crippen LogP contribution in [0.1, 0.15) is 6.92 Å². The van der Waals surface area contributed by atoms with Crippen LogP contribution < -0.4 is 10.1 Å². The molecule has 0 saturated heterocycles. The van der Waals surface area contributed by atoms with E-state index in [-0.39, 0.29) is 17.0 Å². The highest BCUT2D eigenvalue weighted by molar-refractivity contribution is 7.86. The van der Waals surface area contributed by atoms with Crippen molar-refractivity contribution in [3.8, 4) is 5.75 Å². The van der Waals surface area contributed by atoms with E-state index in [0.29, 0.717) is 0 Å². The van der Waals surface area contributed by atoms with Crippen molar-refractivity contribution < 1.29 is 40.8 Å². The van der Waals surface area contributed by atoms with Gasteiger partial charge in [-0.2, -0.15) is 17.2 Å². The van der Waals surface area contributed by atoms with Gasteiger partial charge in [0, 0.05) is 11.3 Å². The van der Waals surface area contributed by atoms with Gasteiger partial charge in [0.1, 0.15) is 5.75 Å². The number of benzene rings is 1. The molecule has 1 aromatic rings. The molecule has 1 aromatic carbocycles. The van der Waals surface area contributed by atoms with E-state index in [2.05, 4.69) is 11.3 Å². The summed E-state index contributed by atoms with van der Waals surface area (Å²) in [5, 5.41) is -2.58. The van der Waals surface area contributed by atoms with Gasteiger partial charge in [-0.1, -0.05) is 6.58 Å². The van der Waals surface area contributed by atoms with Crippen LogP contribution in [0.2, 0.25) is 0 Å². The highest BCUT2D eigenvalue weighted by Gasteiger charge is 2.45. The van der Waals surface area contributed by atoms with E-state index in [1.54, 1.807) is 0 Å². The number of esters is 1. The van der Waals surface area contributed by atoms with Crippen LogP contribution in [0.15, 0.2) is 36.4 Å². The van der Waals surface area contributed by atoms with Gasteiger partial charge in [-0.05, 0) is 31.2 Å². The molecule has 1 amide bonds. The molecule has 0 saturated carbocycles. The van der Waals surface area contributed by atoms with Crippen LogP contribution in [0.3, 0.4) is 0 Å². The highest BCUT2D eigenvalue weighted by atomic mass is 32.2. The van der Waals surface area contributed by atoms with Crippen molar-refractivity contribution >= 4 is 27.9 Å². The molecule has 0 fully saturated rings. The summed E-state index contributed by atoms with van der Waals surface area (Å²) in [7, 11) is -5.69. The molecule has 0 bridgehead atoms. The molecule has 132 valence electrons. The van der Waals surface area contributed by atoms with Crippen LogP contribution in [-0.4, -0.2) is 36.9 Å². The number of ether oxygens (including phenoxy) is 2. The van der Waals surface area contributed by atoms with E-state index in [0.717, 1.165) is 0 Å². The third-order valence-corrected chi connectivity index (χ3v) is 3.28. The maximum atomic E-state index is 12.9. The minimum atomic E-state index is -5.69. The molecule has 0 aliphatic carbocycles. The van der Waals surface area contributed by atoms with Crippen molar-refractivity contribution in [3.05, 3.63) is 36.4 Å². The summed E-state index contributed by atoms with van der Waals surface area (Å²) in [6.07, 6.45) is -1.37. The fourth-order valence-electron chi connectivity index (χ4n) is 1.18. The maximum absolute atomic E-state index is 12.9. The quantitative estimate of drug-likeness (QED) is 0.343. The van der Waals surface area contributed by atoms with Crippen molar-refractivity contribution in [2.75, 3.05) is 11.9 Å². The summed E-state index contributed by atoms with van der Waals surface area (Å²) >= 11 is 0. The van der Waals surface area contributed by atoms with Crippen molar-refractivity contribution in [1.29, 1.82) is 0 Å². The smallest absolute Gasteiger partial charge is 0.411 e. The number of anilines is 1. The van der Waals surface area contributed by atoms with Crippen LogP contribution in [0.25, 0.3) is 0 Å². The lowest BCUT2D eigenvalue weighted by molar-refractivity contribution is -0.130. The minimum absolute atomic E-state index is 0.102. The number of nitrogens with one attached hydrogen (secondary N) is 1. The number of alkyl halides is 2. The highest BCUT2D eigenvalue weighted by Crippen LogP contribution is 2.21. The van der Waals surface area contributed by atoms with E-state index >= 15 is 0 Å². The normalized spacial score (nSPS) is 11.5. The van der Waals surface area contributed by atoms with Crippen molar-refractivity contribution in [1.82, 2.24) is 0 Å². The van der Waals surface area contributed by atoms with Gasteiger partial charge in [0.25, 0.3) is 0 Å². The van der Waals surface area contributed by atoms with E-state index in [4.69, 9.17) is 9.29 Å². The lowest BCUT2D eigenvalue weighted by atomic mass is 10.3. The second-order valence-corrected chi connectivity index (χ2v) is 6.06. The largest absolute Gasteiger partial charge is 0.442 e. The number of carbonyl (C=O) groups is 2. The predicted molar refractivity (Wildman–Crippen MR) is 78.4 cm³/mol. The van der Waals surface area contributed by atoms with Crippen molar-refractivity contribution in [2.24, 2.45) is 0 Å². The SMILES string of the molecule is C=C(C)C(=O)Oc1ccc(NC(=O)OCC(F)(F)S(=O)(=O)O)cc1. The van der Waals surface area contributed by atoms with Crippen LogP contribution >= 0.6 is 0 Å². The Hall–Kier alpha value is -2.53. The summed E-state index contributed by atoms with van der Waals surface area (Å²) in [6, 6.07) is 5.18. The Morgan fingerprint density at radius 2 is 1.83 bits per heavy atom. The molecule has 0 heterocycles. The first-order valence-corrected chi connectivity index (χ1v) is 7.63. The van der Waals surface area contributed by atoms with Crippen LogP contribution in [0.4, 0.5) is 19.3 Å². The Kier molecular flexibility index (Phi) is 5.99. The average Bonchev–Trinajstić information content (AvgIpc) is 2.46. The first-order valence-electron chi connectivity index (χ1n) is 6.19. The molecular weight excluding hydrogens is 352 g/mol. The Morgan fingerprint density at radius 1 is 1.29 bits per heavy atom. The molecule has 11 heteroatoms. The molecule has 0 aliphatic heterocycles. The standard InChI is InChI=1S/C13H13F2NO7S/c1-8(2)11(17)23-10-5-3-9(4-6-10)16-12(18)22-7-13(14,15)24(19,20)21/h3-6H,1,7H2,2H3,(H,16,18)(H,19,20,21). The zero-order valence-corrected chi connectivity index (χ0v) is 13.1. The summed E-state index contributed by atoms with van der Waals surface area (Å²) in [5.41, 5.74) is 0.283. The number of amides is 1. The molecule has 24 heavy (non-hydrogen) atoms. The summed E-state index contributed by atoms with van der Waals surface area (Å²) < 4.78 is 63.6. The van der Waals surface area contributed by atoms with E-state index in [1.165, 1.54) is 31.2 Å². The monoisotopic (exact) mass is 365 g/mol. The van der Waals surface area contributed by atoms with Gasteiger partial charge in [0.15, 0.2) is 6.61 Å². The number of rotatable bonds is 6. The summed E-state index contributed by atoms with van der Waals surface area (Å²) in [4.78, 5) is 22.6. The first kappa shape index (κ1) is 19.5. The third kappa shape index (κ3) is 5.59. The van der Waals surface area contributed by atoms with Gasteiger partial charge < -0.3 is 9.47 Å². The summed E-state index contributed by atoms with van der Waals surface area (Å²) in [5.74, 6) is -0.498. The molecular formula is C13H13F2NO7S. The van der Waals surface area contributed by atoms with Gasteiger partial charge in [-0.25, -0.2) is 9.59 Å². The van der Waals surface area contributed by atoms with Crippen molar-refractivity contribution in [3.63, 3.8) is 0 Å². The van der Waals surface area contributed by atoms with Gasteiger partial charge in [-0.15, -0.1) is 0 Å². The Morgan fingerprint density at radius 3 is 2.29 bits per heavy atom. The topological polar surface area (TPSA) is 119 Å².